The molecule has 20 heavy (non-hydrogen) atoms. The first-order valence-corrected chi connectivity index (χ1v) is 7.15. The summed E-state index contributed by atoms with van der Waals surface area (Å²) in [6.45, 7) is 0.819. The van der Waals surface area contributed by atoms with E-state index in [0.717, 1.165) is 18.1 Å². The van der Waals surface area contributed by atoms with Crippen molar-refractivity contribution >= 4 is 22.4 Å². The second kappa shape index (κ2) is 6.49. The highest BCUT2D eigenvalue weighted by molar-refractivity contribution is 7.13. The number of benzene rings is 1. The maximum Gasteiger partial charge on any atom is 0.326 e. The molecule has 0 bridgehead atoms. The van der Waals surface area contributed by atoms with Gasteiger partial charge in [0, 0.05) is 19.0 Å². The number of aliphatic carboxylic acids is 1. The van der Waals surface area contributed by atoms with Gasteiger partial charge in [-0.1, -0.05) is 30.3 Å². The van der Waals surface area contributed by atoms with Crippen LogP contribution in [-0.2, 0) is 11.2 Å². The standard InChI is InChI=1S/C14H17N3O2S/c1-17(8-7-10-5-3-2-4-6-10)14-16-11(9-20-14)12(15)13(18)19/h2-6,9,12H,7-8,15H2,1H3,(H,18,19). The Kier molecular flexibility index (Phi) is 4.70. The summed E-state index contributed by atoms with van der Waals surface area (Å²) in [6.07, 6.45) is 0.914. The lowest BCUT2D eigenvalue weighted by molar-refractivity contribution is -0.138. The van der Waals surface area contributed by atoms with Crippen LogP contribution in [0.1, 0.15) is 17.3 Å². The van der Waals surface area contributed by atoms with Crippen LogP contribution in [0.4, 0.5) is 5.13 Å². The van der Waals surface area contributed by atoms with Crippen molar-refractivity contribution in [3.05, 3.63) is 47.0 Å². The molecule has 1 aromatic heterocycles. The van der Waals surface area contributed by atoms with Crippen LogP contribution in [0, 0.1) is 0 Å². The molecule has 0 aliphatic carbocycles. The SMILES string of the molecule is CN(CCc1ccccc1)c1nc(C(N)C(=O)O)cs1. The van der Waals surface area contributed by atoms with E-state index in [1.807, 2.05) is 30.1 Å². The average Bonchev–Trinajstić information content (AvgIpc) is 2.94. The second-order valence-electron chi connectivity index (χ2n) is 4.53. The molecule has 6 heteroatoms. The highest BCUT2D eigenvalue weighted by Gasteiger charge is 2.18. The lowest BCUT2D eigenvalue weighted by Gasteiger charge is -2.15. The van der Waals surface area contributed by atoms with Gasteiger partial charge in [0.1, 0.15) is 6.04 Å². The van der Waals surface area contributed by atoms with E-state index in [9.17, 15) is 4.79 Å². The van der Waals surface area contributed by atoms with Crippen molar-refractivity contribution < 1.29 is 9.90 Å². The van der Waals surface area contributed by atoms with Gasteiger partial charge in [-0.05, 0) is 12.0 Å². The topological polar surface area (TPSA) is 79.5 Å². The van der Waals surface area contributed by atoms with Crippen molar-refractivity contribution in [2.45, 2.75) is 12.5 Å². The maximum absolute atomic E-state index is 10.8. The van der Waals surface area contributed by atoms with Crippen LogP contribution in [0.5, 0.6) is 0 Å². The summed E-state index contributed by atoms with van der Waals surface area (Å²) in [5.74, 6) is -1.06. The van der Waals surface area contributed by atoms with Crippen LogP contribution in [0.3, 0.4) is 0 Å². The van der Waals surface area contributed by atoms with Crippen LogP contribution in [0.2, 0.25) is 0 Å². The number of rotatable bonds is 6. The van der Waals surface area contributed by atoms with Crippen LogP contribution in [-0.4, -0.2) is 29.7 Å². The summed E-state index contributed by atoms with van der Waals surface area (Å²) in [4.78, 5) is 17.1. The van der Waals surface area contributed by atoms with E-state index in [2.05, 4.69) is 17.1 Å². The Labute approximate surface area is 121 Å². The molecule has 2 rings (SSSR count). The summed E-state index contributed by atoms with van der Waals surface area (Å²) in [5, 5.41) is 11.3. The molecule has 0 saturated carbocycles. The van der Waals surface area contributed by atoms with Gasteiger partial charge in [0.05, 0.1) is 5.69 Å². The zero-order chi connectivity index (χ0) is 14.5. The van der Waals surface area contributed by atoms with Crippen molar-refractivity contribution in [3.63, 3.8) is 0 Å². The summed E-state index contributed by atoms with van der Waals surface area (Å²) >= 11 is 1.41. The Morgan fingerprint density at radius 3 is 2.80 bits per heavy atom. The number of likely N-dealkylation sites (N-methyl/N-ethyl adjacent to an activating group) is 1. The minimum Gasteiger partial charge on any atom is -0.480 e. The van der Waals surface area contributed by atoms with Crippen LogP contribution < -0.4 is 10.6 Å². The minimum atomic E-state index is -1.06. The Balaban J connectivity index is 1.96. The van der Waals surface area contributed by atoms with E-state index in [1.165, 1.54) is 16.9 Å². The van der Waals surface area contributed by atoms with Gasteiger partial charge in [0.15, 0.2) is 5.13 Å². The molecule has 0 aliphatic heterocycles. The summed E-state index contributed by atoms with van der Waals surface area (Å²) in [6, 6.07) is 9.14. The molecule has 1 unspecified atom stereocenters. The molecule has 1 heterocycles. The summed E-state index contributed by atoms with van der Waals surface area (Å²) in [5.41, 5.74) is 7.21. The molecule has 0 radical (unpaired) electrons. The first-order valence-electron chi connectivity index (χ1n) is 6.27. The van der Waals surface area contributed by atoms with E-state index in [0.29, 0.717) is 5.69 Å². The molecule has 0 fully saturated rings. The highest BCUT2D eigenvalue weighted by atomic mass is 32.1. The predicted octanol–water partition coefficient (Wildman–Crippen LogP) is 1.91. The third-order valence-corrected chi connectivity index (χ3v) is 3.97. The van der Waals surface area contributed by atoms with Crippen molar-refractivity contribution in [3.8, 4) is 0 Å². The molecule has 0 amide bonds. The van der Waals surface area contributed by atoms with E-state index in [1.54, 1.807) is 5.38 Å². The first-order chi connectivity index (χ1) is 9.58. The summed E-state index contributed by atoms with van der Waals surface area (Å²) < 4.78 is 0. The van der Waals surface area contributed by atoms with Gasteiger partial charge in [-0.2, -0.15) is 0 Å². The van der Waals surface area contributed by atoms with Gasteiger partial charge < -0.3 is 15.7 Å². The molecule has 106 valence electrons. The van der Waals surface area contributed by atoms with E-state index < -0.39 is 12.0 Å². The van der Waals surface area contributed by atoms with Crippen molar-refractivity contribution in [2.24, 2.45) is 5.73 Å². The second-order valence-corrected chi connectivity index (χ2v) is 5.36. The number of hydrogen-bond donors (Lipinski definition) is 2. The van der Waals surface area contributed by atoms with Gasteiger partial charge in [0.2, 0.25) is 0 Å². The maximum atomic E-state index is 10.8. The third-order valence-electron chi connectivity index (χ3n) is 3.00. The van der Waals surface area contributed by atoms with Crippen LogP contribution in [0.15, 0.2) is 35.7 Å². The number of aromatic nitrogens is 1. The quantitative estimate of drug-likeness (QED) is 0.850. The first kappa shape index (κ1) is 14.5. The van der Waals surface area contributed by atoms with Crippen molar-refractivity contribution in [2.75, 3.05) is 18.5 Å². The zero-order valence-electron chi connectivity index (χ0n) is 11.2. The number of carbonyl (C=O) groups is 1. The molecule has 0 aliphatic rings. The smallest absolute Gasteiger partial charge is 0.326 e. The molecule has 0 spiro atoms. The molecule has 2 aromatic rings. The van der Waals surface area contributed by atoms with Gasteiger partial charge in [0.25, 0.3) is 0 Å². The van der Waals surface area contributed by atoms with Gasteiger partial charge in [-0.25, -0.2) is 4.98 Å². The fraction of sp³-hybridized carbons (Fsp3) is 0.286. The number of carboxylic acids is 1. The molecule has 1 aromatic carbocycles. The lowest BCUT2D eigenvalue weighted by Crippen LogP contribution is -2.22. The molecule has 1 atom stereocenters. The fourth-order valence-corrected chi connectivity index (χ4v) is 2.61. The van der Waals surface area contributed by atoms with E-state index in [4.69, 9.17) is 10.8 Å². The summed E-state index contributed by atoms with van der Waals surface area (Å²) in [7, 11) is 1.94. The number of anilines is 1. The van der Waals surface area contributed by atoms with Crippen LogP contribution in [0.25, 0.3) is 0 Å². The highest BCUT2D eigenvalue weighted by Crippen LogP contribution is 2.22. The lowest BCUT2D eigenvalue weighted by atomic mass is 10.1. The number of nitrogens with two attached hydrogens (primary N) is 1. The third kappa shape index (κ3) is 3.55. The largest absolute Gasteiger partial charge is 0.480 e. The van der Waals surface area contributed by atoms with Crippen LogP contribution >= 0.6 is 11.3 Å². The van der Waals surface area contributed by atoms with E-state index in [-0.39, 0.29) is 0 Å². The molecule has 0 saturated heterocycles. The van der Waals surface area contributed by atoms with E-state index >= 15 is 0 Å². The molecular formula is C14H17N3O2S. The van der Waals surface area contributed by atoms with Gasteiger partial charge >= 0.3 is 5.97 Å². The zero-order valence-corrected chi connectivity index (χ0v) is 12.0. The molecular weight excluding hydrogens is 274 g/mol. The number of nitrogens with zero attached hydrogens (tertiary/aromatic N) is 2. The normalized spacial score (nSPS) is 12.1. The predicted molar refractivity (Wildman–Crippen MR) is 80.1 cm³/mol. The molecule has 3 N–H and O–H groups in total. The molecule has 5 nitrogen and oxygen atoms in total. The number of thiazole rings is 1. The monoisotopic (exact) mass is 291 g/mol. The minimum absolute atomic E-state index is 0.407. The Morgan fingerprint density at radius 1 is 1.45 bits per heavy atom. The number of hydrogen-bond acceptors (Lipinski definition) is 5. The van der Waals surface area contributed by atoms with Gasteiger partial charge in [-0.15, -0.1) is 11.3 Å². The fourth-order valence-electron chi connectivity index (χ4n) is 1.76. The van der Waals surface area contributed by atoms with Crippen molar-refractivity contribution in [1.29, 1.82) is 0 Å². The van der Waals surface area contributed by atoms with Crippen molar-refractivity contribution in [1.82, 2.24) is 4.98 Å². The Morgan fingerprint density at radius 2 is 2.15 bits per heavy atom. The average molecular weight is 291 g/mol. The Bertz CT molecular complexity index is 571. The number of carboxylic acid groups (broad SMARTS) is 1. The van der Waals surface area contributed by atoms with Gasteiger partial charge in [-0.3, -0.25) is 4.79 Å². The Hall–Kier alpha value is -1.92.